The minimum Gasteiger partial charge on any atom is -0.460 e. The van der Waals surface area contributed by atoms with E-state index in [-0.39, 0.29) is 5.88 Å². The fourth-order valence-electron chi connectivity index (χ4n) is 2.96. The Hall–Kier alpha value is -3.17. The zero-order chi connectivity index (χ0) is 17.6. The Labute approximate surface area is 148 Å². The monoisotopic (exact) mass is 352 g/mol. The zero-order valence-corrected chi connectivity index (χ0v) is 14.0. The second kappa shape index (κ2) is 5.72. The maximum atomic E-state index is 9.55. The fraction of sp³-hybridized carbons (Fsp3) is 0.111. The van der Waals surface area contributed by atoms with Gasteiger partial charge in [-0.15, -0.1) is 5.10 Å². The van der Waals surface area contributed by atoms with Crippen LogP contribution in [-0.2, 0) is 0 Å². The molecule has 25 heavy (non-hydrogen) atoms. The van der Waals surface area contributed by atoms with E-state index in [0.29, 0.717) is 28.0 Å². The Balaban J connectivity index is 1.82. The lowest BCUT2D eigenvalue weighted by Crippen LogP contribution is -2.20. The van der Waals surface area contributed by atoms with Crippen molar-refractivity contribution in [2.75, 3.05) is 0 Å². The number of ether oxygens (including phenoxy) is 1. The summed E-state index contributed by atoms with van der Waals surface area (Å²) in [5, 5.41) is 17.2. The molecule has 0 spiro atoms. The summed E-state index contributed by atoms with van der Waals surface area (Å²) in [5.41, 5.74) is 8.64. The maximum Gasteiger partial charge on any atom is 0.244 e. The van der Waals surface area contributed by atoms with Gasteiger partial charge < -0.3 is 14.9 Å². The van der Waals surface area contributed by atoms with Crippen LogP contribution < -0.4 is 10.5 Å². The van der Waals surface area contributed by atoms with Crippen LogP contribution in [0.4, 0.5) is 0 Å². The molecule has 0 radical (unpaired) electrons. The van der Waals surface area contributed by atoms with E-state index in [9.17, 15) is 5.26 Å². The van der Waals surface area contributed by atoms with Crippen molar-refractivity contribution in [3.05, 3.63) is 69.9 Å². The van der Waals surface area contributed by atoms with E-state index in [1.54, 1.807) is 12.1 Å². The Morgan fingerprint density at radius 2 is 2.00 bits per heavy atom. The summed E-state index contributed by atoms with van der Waals surface area (Å²) in [4.78, 5) is 0. The van der Waals surface area contributed by atoms with Crippen LogP contribution in [-0.4, -0.2) is 10.2 Å². The van der Waals surface area contributed by atoms with Gasteiger partial charge in [0.1, 0.15) is 23.2 Å². The van der Waals surface area contributed by atoms with Gasteiger partial charge in [0.05, 0.1) is 11.5 Å². The SMILES string of the molecule is Cc1[nH]nc2c1[C@@H](c1ccc(-c3ccc(Cl)cc3)o1)C(C#N)=C(N)O2. The van der Waals surface area contributed by atoms with E-state index in [1.165, 1.54) is 0 Å². The number of aromatic amines is 1. The smallest absolute Gasteiger partial charge is 0.244 e. The fourth-order valence-corrected chi connectivity index (χ4v) is 3.09. The average molecular weight is 353 g/mol. The summed E-state index contributed by atoms with van der Waals surface area (Å²) in [6.45, 7) is 1.86. The van der Waals surface area contributed by atoms with Gasteiger partial charge in [-0.1, -0.05) is 11.6 Å². The molecule has 6 nitrogen and oxygen atoms in total. The number of nitrogens with one attached hydrogen (secondary N) is 1. The summed E-state index contributed by atoms with van der Waals surface area (Å²) in [6.07, 6.45) is 0. The van der Waals surface area contributed by atoms with Gasteiger partial charge in [-0.3, -0.25) is 5.10 Å². The van der Waals surface area contributed by atoms with Crippen molar-refractivity contribution in [1.29, 1.82) is 5.26 Å². The van der Waals surface area contributed by atoms with Crippen molar-refractivity contribution < 1.29 is 9.15 Å². The number of fused-ring (bicyclic) bond motifs is 1. The highest BCUT2D eigenvalue weighted by Crippen LogP contribution is 2.43. The number of rotatable bonds is 2. The van der Waals surface area contributed by atoms with E-state index >= 15 is 0 Å². The molecule has 2 aromatic heterocycles. The van der Waals surface area contributed by atoms with Crippen LogP contribution in [0.25, 0.3) is 11.3 Å². The zero-order valence-electron chi connectivity index (χ0n) is 13.2. The summed E-state index contributed by atoms with van der Waals surface area (Å²) in [5.74, 6) is 1.21. The van der Waals surface area contributed by atoms with Crippen LogP contribution in [0.5, 0.6) is 5.88 Å². The molecule has 3 heterocycles. The van der Waals surface area contributed by atoms with E-state index in [1.807, 2.05) is 31.2 Å². The van der Waals surface area contributed by atoms with Gasteiger partial charge in [-0.2, -0.15) is 5.26 Å². The highest BCUT2D eigenvalue weighted by atomic mass is 35.5. The second-order valence-corrected chi connectivity index (χ2v) is 6.14. The minimum absolute atomic E-state index is 0.0379. The number of nitrogens with zero attached hydrogens (tertiary/aromatic N) is 2. The number of nitrogens with two attached hydrogens (primary N) is 1. The second-order valence-electron chi connectivity index (χ2n) is 5.70. The third-order valence-electron chi connectivity index (χ3n) is 4.17. The number of aromatic nitrogens is 2. The van der Waals surface area contributed by atoms with Crippen LogP contribution in [0.1, 0.15) is 22.9 Å². The van der Waals surface area contributed by atoms with Crippen molar-refractivity contribution in [3.63, 3.8) is 0 Å². The molecule has 0 aliphatic carbocycles. The molecular formula is C18H13ClN4O2. The number of hydrogen-bond donors (Lipinski definition) is 2. The molecule has 0 saturated heterocycles. The van der Waals surface area contributed by atoms with Crippen molar-refractivity contribution in [2.24, 2.45) is 5.73 Å². The summed E-state index contributed by atoms with van der Waals surface area (Å²) in [6, 6.07) is 13.2. The molecule has 3 aromatic rings. The van der Waals surface area contributed by atoms with Gasteiger partial charge >= 0.3 is 0 Å². The molecule has 3 N–H and O–H groups in total. The normalized spacial score (nSPS) is 16.3. The van der Waals surface area contributed by atoms with Gasteiger partial charge in [0, 0.05) is 16.3 Å². The number of H-pyrrole nitrogens is 1. The molecule has 124 valence electrons. The summed E-state index contributed by atoms with van der Waals surface area (Å²) >= 11 is 5.93. The molecule has 0 saturated carbocycles. The topological polar surface area (TPSA) is 101 Å². The molecule has 0 bridgehead atoms. The third kappa shape index (κ3) is 2.46. The molecule has 1 aromatic carbocycles. The lowest BCUT2D eigenvalue weighted by atomic mass is 9.88. The van der Waals surface area contributed by atoms with Crippen molar-refractivity contribution in [3.8, 4) is 23.3 Å². The van der Waals surface area contributed by atoms with E-state index in [4.69, 9.17) is 26.5 Å². The number of furan rings is 1. The lowest BCUT2D eigenvalue weighted by Gasteiger charge is -2.21. The largest absolute Gasteiger partial charge is 0.460 e. The molecule has 4 rings (SSSR count). The third-order valence-corrected chi connectivity index (χ3v) is 4.42. The average Bonchev–Trinajstić information content (AvgIpc) is 3.22. The summed E-state index contributed by atoms with van der Waals surface area (Å²) < 4.78 is 11.5. The Bertz CT molecular complexity index is 1020. The summed E-state index contributed by atoms with van der Waals surface area (Å²) in [7, 11) is 0. The van der Waals surface area contributed by atoms with E-state index in [0.717, 1.165) is 16.8 Å². The maximum absolute atomic E-state index is 9.55. The first kappa shape index (κ1) is 15.4. The first-order chi connectivity index (χ1) is 12.1. The molecule has 0 amide bonds. The number of allylic oxidation sites excluding steroid dienone is 1. The van der Waals surface area contributed by atoms with Gasteiger partial charge in [0.2, 0.25) is 11.8 Å². The predicted octanol–water partition coefficient (Wildman–Crippen LogP) is 3.85. The first-order valence-electron chi connectivity index (χ1n) is 7.56. The Morgan fingerprint density at radius 3 is 2.72 bits per heavy atom. The number of aryl methyl sites for hydroxylation is 1. The van der Waals surface area contributed by atoms with Crippen LogP contribution in [0, 0.1) is 18.3 Å². The molecule has 1 atom stereocenters. The number of benzene rings is 1. The lowest BCUT2D eigenvalue weighted by molar-refractivity contribution is 0.371. The molecule has 0 fully saturated rings. The quantitative estimate of drug-likeness (QED) is 0.729. The van der Waals surface area contributed by atoms with Crippen molar-refractivity contribution in [1.82, 2.24) is 10.2 Å². The Kier molecular flexibility index (Phi) is 3.52. The molecule has 1 aliphatic rings. The number of hydrogen-bond acceptors (Lipinski definition) is 5. The molecule has 1 aliphatic heterocycles. The number of nitriles is 1. The highest BCUT2D eigenvalue weighted by molar-refractivity contribution is 6.30. The van der Waals surface area contributed by atoms with Gasteiger partial charge in [-0.25, -0.2) is 0 Å². The van der Waals surface area contributed by atoms with Crippen LogP contribution in [0.15, 0.2) is 52.3 Å². The van der Waals surface area contributed by atoms with E-state index in [2.05, 4.69) is 16.3 Å². The van der Waals surface area contributed by atoms with E-state index < -0.39 is 5.92 Å². The van der Waals surface area contributed by atoms with Gasteiger partial charge in [0.15, 0.2) is 0 Å². The van der Waals surface area contributed by atoms with Crippen molar-refractivity contribution in [2.45, 2.75) is 12.8 Å². The first-order valence-corrected chi connectivity index (χ1v) is 7.94. The Morgan fingerprint density at radius 1 is 1.24 bits per heavy atom. The van der Waals surface area contributed by atoms with Crippen molar-refractivity contribution >= 4 is 11.6 Å². The highest BCUT2D eigenvalue weighted by Gasteiger charge is 2.36. The van der Waals surface area contributed by atoms with Crippen LogP contribution in [0.2, 0.25) is 5.02 Å². The standard InChI is InChI=1S/C18H13ClN4O2/c1-9-15-16(12(8-20)17(21)25-18(15)23-22-9)14-7-6-13(24-14)10-2-4-11(19)5-3-10/h2-7,16H,21H2,1H3,(H,22,23)/t16-/m1/s1. The van der Waals surface area contributed by atoms with Gasteiger partial charge in [0.25, 0.3) is 0 Å². The molecular weight excluding hydrogens is 340 g/mol. The minimum atomic E-state index is -0.464. The molecule has 0 unspecified atom stereocenters. The molecule has 7 heteroatoms. The number of halogens is 1. The van der Waals surface area contributed by atoms with Crippen LogP contribution >= 0.6 is 11.6 Å². The van der Waals surface area contributed by atoms with Crippen LogP contribution in [0.3, 0.4) is 0 Å². The predicted molar refractivity (Wildman–Crippen MR) is 91.8 cm³/mol. The van der Waals surface area contributed by atoms with Gasteiger partial charge in [-0.05, 0) is 43.3 Å².